The highest BCUT2D eigenvalue weighted by molar-refractivity contribution is 5.79. The van der Waals surface area contributed by atoms with Crippen molar-refractivity contribution < 1.29 is 9.47 Å². The van der Waals surface area contributed by atoms with Gasteiger partial charge < -0.3 is 19.8 Å². The highest BCUT2D eigenvalue weighted by Crippen LogP contribution is 2.25. The van der Waals surface area contributed by atoms with Gasteiger partial charge in [0.15, 0.2) is 0 Å². The number of rotatable bonds is 3. The Morgan fingerprint density at radius 2 is 2.42 bits per heavy atom. The van der Waals surface area contributed by atoms with E-state index in [-0.39, 0.29) is 0 Å². The third kappa shape index (κ3) is 2.38. The van der Waals surface area contributed by atoms with Gasteiger partial charge in [-0.1, -0.05) is 0 Å². The number of nitrogens with two attached hydrogens (primary N) is 1. The van der Waals surface area contributed by atoms with E-state index >= 15 is 0 Å². The zero-order valence-corrected chi connectivity index (χ0v) is 11.1. The summed E-state index contributed by atoms with van der Waals surface area (Å²) >= 11 is 0. The van der Waals surface area contributed by atoms with Crippen molar-refractivity contribution in [3.63, 3.8) is 0 Å². The molecule has 0 spiro atoms. The van der Waals surface area contributed by atoms with E-state index in [9.17, 15) is 0 Å². The van der Waals surface area contributed by atoms with Crippen LogP contribution < -0.4 is 10.5 Å². The van der Waals surface area contributed by atoms with Gasteiger partial charge in [-0.05, 0) is 25.0 Å². The van der Waals surface area contributed by atoms with Crippen LogP contribution in [0.4, 0.5) is 5.95 Å². The number of nitrogens with zero attached hydrogens (tertiary/aromatic N) is 2. The third-order valence-electron chi connectivity index (χ3n) is 3.68. The third-order valence-corrected chi connectivity index (χ3v) is 3.68. The second-order valence-electron chi connectivity index (χ2n) is 5.02. The molecule has 19 heavy (non-hydrogen) atoms. The van der Waals surface area contributed by atoms with E-state index in [0.29, 0.717) is 11.9 Å². The molecule has 0 amide bonds. The van der Waals surface area contributed by atoms with E-state index in [4.69, 9.17) is 15.2 Å². The van der Waals surface area contributed by atoms with Gasteiger partial charge in [0.05, 0.1) is 24.8 Å². The maximum absolute atomic E-state index is 6.03. The number of anilines is 1. The minimum Gasteiger partial charge on any atom is -0.497 e. The van der Waals surface area contributed by atoms with E-state index < -0.39 is 0 Å². The van der Waals surface area contributed by atoms with Gasteiger partial charge in [0.25, 0.3) is 0 Å². The molecule has 0 saturated carbocycles. The molecule has 3 rings (SSSR count). The number of ether oxygens (including phenoxy) is 2. The van der Waals surface area contributed by atoms with Crippen molar-refractivity contribution in [3.05, 3.63) is 18.2 Å². The van der Waals surface area contributed by atoms with Crippen molar-refractivity contribution in [1.29, 1.82) is 0 Å². The second-order valence-corrected chi connectivity index (χ2v) is 5.02. The molecule has 0 bridgehead atoms. The number of methoxy groups -OCH3 is 1. The van der Waals surface area contributed by atoms with Gasteiger partial charge in [0, 0.05) is 25.1 Å². The predicted molar refractivity (Wildman–Crippen MR) is 74.2 cm³/mol. The first kappa shape index (κ1) is 12.3. The van der Waals surface area contributed by atoms with Gasteiger partial charge in [0.1, 0.15) is 5.75 Å². The van der Waals surface area contributed by atoms with Gasteiger partial charge >= 0.3 is 0 Å². The fourth-order valence-electron chi connectivity index (χ4n) is 2.66. The predicted octanol–water partition coefficient (Wildman–Crippen LogP) is 2.05. The summed E-state index contributed by atoms with van der Waals surface area (Å²) < 4.78 is 12.8. The lowest BCUT2D eigenvalue weighted by atomic mass is 10.0. The molecule has 5 nitrogen and oxygen atoms in total. The highest BCUT2D eigenvalue weighted by atomic mass is 16.5. The summed E-state index contributed by atoms with van der Waals surface area (Å²) in [7, 11) is 1.65. The van der Waals surface area contributed by atoms with Crippen LogP contribution in [0.1, 0.15) is 12.8 Å². The Morgan fingerprint density at radius 3 is 3.16 bits per heavy atom. The minimum atomic E-state index is 0.524. The van der Waals surface area contributed by atoms with Gasteiger partial charge in [-0.25, -0.2) is 4.98 Å². The summed E-state index contributed by atoms with van der Waals surface area (Å²) in [6.07, 6.45) is 2.32. The molecule has 0 aliphatic carbocycles. The highest BCUT2D eigenvalue weighted by Gasteiger charge is 2.17. The number of aromatic nitrogens is 2. The van der Waals surface area contributed by atoms with Crippen LogP contribution in [0.5, 0.6) is 5.75 Å². The second kappa shape index (κ2) is 5.09. The Kier molecular flexibility index (Phi) is 3.29. The lowest BCUT2D eigenvalue weighted by Crippen LogP contribution is -2.22. The van der Waals surface area contributed by atoms with Crippen molar-refractivity contribution in [2.75, 3.05) is 26.1 Å². The minimum absolute atomic E-state index is 0.524. The van der Waals surface area contributed by atoms with Crippen LogP contribution in [0.2, 0.25) is 0 Å². The van der Waals surface area contributed by atoms with E-state index in [1.165, 1.54) is 6.42 Å². The maximum Gasteiger partial charge on any atom is 0.201 e. The number of nitrogen functional groups attached to an aromatic ring is 1. The first-order chi connectivity index (χ1) is 9.28. The first-order valence-electron chi connectivity index (χ1n) is 6.65. The molecule has 2 N–H and O–H groups in total. The molecule has 0 radical (unpaired) electrons. The smallest absolute Gasteiger partial charge is 0.201 e. The van der Waals surface area contributed by atoms with E-state index in [1.54, 1.807) is 7.11 Å². The Hall–Kier alpha value is -1.75. The molecule has 1 aliphatic rings. The summed E-state index contributed by atoms with van der Waals surface area (Å²) in [5, 5.41) is 0. The zero-order chi connectivity index (χ0) is 13.2. The van der Waals surface area contributed by atoms with Gasteiger partial charge in [-0.2, -0.15) is 0 Å². The molecule has 1 aromatic carbocycles. The Balaban J connectivity index is 1.91. The SMILES string of the molecule is COc1ccc2c(c1)nc(N)n2CC1CCCOC1. The average molecular weight is 261 g/mol. The van der Waals surface area contributed by atoms with E-state index in [2.05, 4.69) is 9.55 Å². The molecule has 2 heterocycles. The molecule has 102 valence electrons. The molecule has 1 aromatic heterocycles. The van der Waals surface area contributed by atoms with Crippen LogP contribution in [0.3, 0.4) is 0 Å². The zero-order valence-electron chi connectivity index (χ0n) is 11.1. The van der Waals surface area contributed by atoms with E-state index in [1.807, 2.05) is 18.2 Å². The molecule has 1 atom stereocenters. The van der Waals surface area contributed by atoms with Gasteiger partial charge in [-0.15, -0.1) is 0 Å². The fourth-order valence-corrected chi connectivity index (χ4v) is 2.66. The lowest BCUT2D eigenvalue weighted by Gasteiger charge is -2.23. The molecular formula is C14H19N3O2. The summed E-state index contributed by atoms with van der Waals surface area (Å²) in [6.45, 7) is 2.57. The first-order valence-corrected chi connectivity index (χ1v) is 6.65. The Labute approximate surface area is 112 Å². The molecule has 1 saturated heterocycles. The molecular weight excluding hydrogens is 242 g/mol. The average Bonchev–Trinajstić information content (AvgIpc) is 2.75. The summed E-state index contributed by atoms with van der Waals surface area (Å²) in [4.78, 5) is 4.41. The quantitative estimate of drug-likeness (QED) is 0.918. The van der Waals surface area contributed by atoms with Crippen molar-refractivity contribution in [3.8, 4) is 5.75 Å². The molecule has 2 aromatic rings. The lowest BCUT2D eigenvalue weighted by molar-refractivity contribution is 0.0490. The monoisotopic (exact) mass is 261 g/mol. The molecule has 1 unspecified atom stereocenters. The number of imidazole rings is 1. The number of benzene rings is 1. The fraction of sp³-hybridized carbons (Fsp3) is 0.500. The topological polar surface area (TPSA) is 62.3 Å². The van der Waals surface area contributed by atoms with Crippen LogP contribution in [-0.4, -0.2) is 29.9 Å². The Bertz CT molecular complexity index is 573. The van der Waals surface area contributed by atoms with Crippen LogP contribution >= 0.6 is 0 Å². The summed E-state index contributed by atoms with van der Waals surface area (Å²) in [5.41, 5.74) is 7.97. The van der Waals surface area contributed by atoms with Crippen molar-refractivity contribution in [1.82, 2.24) is 9.55 Å². The summed E-state index contributed by atoms with van der Waals surface area (Å²) in [6, 6.07) is 5.87. The van der Waals surface area contributed by atoms with Crippen LogP contribution in [0.25, 0.3) is 11.0 Å². The van der Waals surface area contributed by atoms with Crippen LogP contribution in [0, 0.1) is 5.92 Å². The number of fused-ring (bicyclic) bond motifs is 1. The normalized spacial score (nSPS) is 19.7. The standard InChI is InChI=1S/C14H19N3O2/c1-18-11-4-5-13-12(7-11)16-14(15)17(13)8-10-3-2-6-19-9-10/h4-5,7,10H,2-3,6,8-9H2,1H3,(H2,15,16). The van der Waals surface area contributed by atoms with Crippen molar-refractivity contribution >= 4 is 17.0 Å². The van der Waals surface area contributed by atoms with E-state index in [0.717, 1.165) is 43.0 Å². The molecule has 1 aliphatic heterocycles. The van der Waals surface area contributed by atoms with Gasteiger partial charge in [-0.3, -0.25) is 0 Å². The van der Waals surface area contributed by atoms with Gasteiger partial charge in [0.2, 0.25) is 5.95 Å². The summed E-state index contributed by atoms with van der Waals surface area (Å²) in [5.74, 6) is 1.89. The van der Waals surface area contributed by atoms with Crippen molar-refractivity contribution in [2.24, 2.45) is 5.92 Å². The van der Waals surface area contributed by atoms with Crippen LogP contribution in [0.15, 0.2) is 18.2 Å². The van der Waals surface area contributed by atoms with Crippen LogP contribution in [-0.2, 0) is 11.3 Å². The van der Waals surface area contributed by atoms with Crippen molar-refractivity contribution in [2.45, 2.75) is 19.4 Å². The number of hydrogen-bond donors (Lipinski definition) is 1. The number of hydrogen-bond acceptors (Lipinski definition) is 4. The Morgan fingerprint density at radius 1 is 1.53 bits per heavy atom. The molecule has 5 heteroatoms. The maximum atomic E-state index is 6.03. The largest absolute Gasteiger partial charge is 0.497 e. The molecule has 1 fully saturated rings.